The van der Waals surface area contributed by atoms with E-state index in [2.05, 4.69) is 39.0 Å². The van der Waals surface area contributed by atoms with Crippen LogP contribution >= 0.6 is 11.6 Å². The fourth-order valence-electron chi connectivity index (χ4n) is 3.09. The van der Waals surface area contributed by atoms with E-state index in [0.717, 1.165) is 37.5 Å². The third kappa shape index (κ3) is 2.97. The predicted molar refractivity (Wildman–Crippen MR) is 82.7 cm³/mol. The molecule has 0 spiro atoms. The van der Waals surface area contributed by atoms with E-state index in [-0.39, 0.29) is 0 Å². The van der Waals surface area contributed by atoms with Gasteiger partial charge in [-0.1, -0.05) is 24.3 Å². The molecule has 0 N–H and O–H groups in total. The SMILES string of the molecule is COCCn1c(CCl)nnc1C1CCc2ccccc2C1. The average Bonchev–Trinajstić information content (AvgIpc) is 2.95. The van der Waals surface area contributed by atoms with Crippen molar-refractivity contribution in [3.63, 3.8) is 0 Å². The van der Waals surface area contributed by atoms with Crippen LogP contribution < -0.4 is 0 Å². The van der Waals surface area contributed by atoms with E-state index in [0.29, 0.717) is 18.4 Å². The zero-order chi connectivity index (χ0) is 14.7. The van der Waals surface area contributed by atoms with Crippen molar-refractivity contribution in [2.75, 3.05) is 13.7 Å². The van der Waals surface area contributed by atoms with Gasteiger partial charge in [0.05, 0.1) is 12.5 Å². The summed E-state index contributed by atoms with van der Waals surface area (Å²) in [7, 11) is 1.71. The molecule has 4 nitrogen and oxygen atoms in total. The Morgan fingerprint density at radius 1 is 1.29 bits per heavy atom. The second-order valence-electron chi connectivity index (χ2n) is 5.46. The molecule has 2 aromatic rings. The number of ether oxygens (including phenoxy) is 1. The fourth-order valence-corrected chi connectivity index (χ4v) is 3.29. The summed E-state index contributed by atoms with van der Waals surface area (Å²) in [6.07, 6.45) is 3.25. The molecule has 1 aromatic carbocycles. The highest BCUT2D eigenvalue weighted by Crippen LogP contribution is 2.32. The van der Waals surface area contributed by atoms with Gasteiger partial charge in [0.25, 0.3) is 0 Å². The first kappa shape index (κ1) is 14.5. The number of halogens is 1. The van der Waals surface area contributed by atoms with Crippen molar-refractivity contribution in [1.82, 2.24) is 14.8 Å². The number of rotatable bonds is 5. The van der Waals surface area contributed by atoms with Gasteiger partial charge in [0.2, 0.25) is 0 Å². The predicted octanol–water partition coefficient (Wildman–Crippen LogP) is 2.94. The number of alkyl halides is 1. The second-order valence-corrected chi connectivity index (χ2v) is 5.73. The maximum atomic E-state index is 5.98. The van der Waals surface area contributed by atoms with Crippen molar-refractivity contribution in [3.8, 4) is 0 Å². The largest absolute Gasteiger partial charge is 0.383 e. The van der Waals surface area contributed by atoms with Gasteiger partial charge in [-0.05, 0) is 30.4 Å². The average molecular weight is 306 g/mol. The van der Waals surface area contributed by atoms with Gasteiger partial charge < -0.3 is 9.30 Å². The summed E-state index contributed by atoms with van der Waals surface area (Å²) in [4.78, 5) is 0. The van der Waals surface area contributed by atoms with Crippen LogP contribution in [0.5, 0.6) is 0 Å². The lowest BCUT2D eigenvalue weighted by Crippen LogP contribution is -2.19. The van der Waals surface area contributed by atoms with Gasteiger partial charge >= 0.3 is 0 Å². The number of hydrogen-bond acceptors (Lipinski definition) is 3. The van der Waals surface area contributed by atoms with E-state index >= 15 is 0 Å². The fraction of sp³-hybridized carbons (Fsp3) is 0.500. The minimum absolute atomic E-state index is 0.389. The minimum atomic E-state index is 0.389. The van der Waals surface area contributed by atoms with Crippen LogP contribution in [0.2, 0.25) is 0 Å². The summed E-state index contributed by atoms with van der Waals surface area (Å²) >= 11 is 5.98. The van der Waals surface area contributed by atoms with Crippen LogP contribution in [0.3, 0.4) is 0 Å². The first-order valence-electron chi connectivity index (χ1n) is 7.37. The first-order valence-corrected chi connectivity index (χ1v) is 7.90. The normalized spacial score (nSPS) is 17.7. The monoisotopic (exact) mass is 305 g/mol. The van der Waals surface area contributed by atoms with E-state index < -0.39 is 0 Å². The lowest BCUT2D eigenvalue weighted by Gasteiger charge is -2.24. The molecule has 0 amide bonds. The highest BCUT2D eigenvalue weighted by molar-refractivity contribution is 6.16. The number of aryl methyl sites for hydroxylation is 1. The molecule has 0 aliphatic heterocycles. The Balaban J connectivity index is 1.86. The molecule has 112 valence electrons. The van der Waals surface area contributed by atoms with Gasteiger partial charge in [-0.3, -0.25) is 0 Å². The Morgan fingerprint density at radius 3 is 2.86 bits per heavy atom. The lowest BCUT2D eigenvalue weighted by atomic mass is 9.83. The summed E-state index contributed by atoms with van der Waals surface area (Å²) in [5.41, 5.74) is 2.90. The van der Waals surface area contributed by atoms with E-state index in [9.17, 15) is 0 Å². The van der Waals surface area contributed by atoms with Gasteiger partial charge in [-0.15, -0.1) is 21.8 Å². The van der Waals surface area contributed by atoms with Crippen molar-refractivity contribution in [2.45, 2.75) is 37.6 Å². The number of fused-ring (bicyclic) bond motifs is 1. The minimum Gasteiger partial charge on any atom is -0.383 e. The van der Waals surface area contributed by atoms with Crippen LogP contribution in [0.25, 0.3) is 0 Å². The highest BCUT2D eigenvalue weighted by atomic mass is 35.5. The molecule has 1 unspecified atom stereocenters. The zero-order valence-electron chi connectivity index (χ0n) is 12.3. The third-order valence-electron chi connectivity index (χ3n) is 4.21. The summed E-state index contributed by atoms with van der Waals surface area (Å²) in [5.74, 6) is 2.70. The quantitative estimate of drug-likeness (QED) is 0.797. The molecule has 0 radical (unpaired) electrons. The van der Waals surface area contributed by atoms with E-state index in [1.165, 1.54) is 11.1 Å². The van der Waals surface area contributed by atoms with Crippen LogP contribution in [-0.2, 0) is 30.0 Å². The summed E-state index contributed by atoms with van der Waals surface area (Å²) < 4.78 is 7.33. The summed E-state index contributed by atoms with van der Waals surface area (Å²) in [5, 5.41) is 8.65. The van der Waals surface area contributed by atoms with Gasteiger partial charge in [0.1, 0.15) is 11.6 Å². The molecule has 21 heavy (non-hydrogen) atoms. The molecule has 0 saturated carbocycles. The second kappa shape index (κ2) is 6.58. The van der Waals surface area contributed by atoms with E-state index in [4.69, 9.17) is 16.3 Å². The summed E-state index contributed by atoms with van der Waals surface area (Å²) in [6.45, 7) is 1.41. The Morgan fingerprint density at radius 2 is 2.10 bits per heavy atom. The molecule has 1 aliphatic rings. The number of benzene rings is 1. The van der Waals surface area contributed by atoms with Crippen molar-refractivity contribution < 1.29 is 4.74 Å². The van der Waals surface area contributed by atoms with Crippen LogP contribution in [-0.4, -0.2) is 28.5 Å². The van der Waals surface area contributed by atoms with Gasteiger partial charge in [0.15, 0.2) is 0 Å². The molecule has 1 aromatic heterocycles. The molecule has 5 heteroatoms. The Kier molecular flexibility index (Phi) is 4.56. The Bertz CT molecular complexity index is 611. The third-order valence-corrected chi connectivity index (χ3v) is 4.45. The molecular weight excluding hydrogens is 286 g/mol. The van der Waals surface area contributed by atoms with E-state index in [1.807, 2.05) is 0 Å². The number of hydrogen-bond donors (Lipinski definition) is 0. The molecule has 1 heterocycles. The van der Waals surface area contributed by atoms with E-state index in [1.54, 1.807) is 7.11 Å². The van der Waals surface area contributed by atoms with Crippen molar-refractivity contribution in [3.05, 3.63) is 47.0 Å². The molecule has 0 fully saturated rings. The van der Waals surface area contributed by atoms with Gasteiger partial charge in [0, 0.05) is 19.6 Å². The molecule has 0 bridgehead atoms. The van der Waals surface area contributed by atoms with Crippen LogP contribution in [0, 0.1) is 0 Å². The highest BCUT2D eigenvalue weighted by Gasteiger charge is 2.25. The maximum absolute atomic E-state index is 5.98. The van der Waals surface area contributed by atoms with Crippen LogP contribution in [0.4, 0.5) is 0 Å². The molecule has 1 atom stereocenters. The van der Waals surface area contributed by atoms with Crippen LogP contribution in [0.1, 0.15) is 35.1 Å². The topological polar surface area (TPSA) is 39.9 Å². The summed E-state index contributed by atoms with van der Waals surface area (Å²) in [6, 6.07) is 8.68. The lowest BCUT2D eigenvalue weighted by molar-refractivity contribution is 0.185. The van der Waals surface area contributed by atoms with Crippen molar-refractivity contribution in [2.24, 2.45) is 0 Å². The van der Waals surface area contributed by atoms with Gasteiger partial charge in [-0.25, -0.2) is 0 Å². The molecule has 3 rings (SSSR count). The zero-order valence-corrected chi connectivity index (χ0v) is 13.0. The number of nitrogens with zero attached hydrogens (tertiary/aromatic N) is 3. The standard InChI is InChI=1S/C16H20ClN3O/c1-21-9-8-20-15(11-17)18-19-16(20)14-7-6-12-4-2-3-5-13(12)10-14/h2-5,14H,6-11H2,1H3. The smallest absolute Gasteiger partial charge is 0.148 e. The number of aromatic nitrogens is 3. The van der Waals surface area contributed by atoms with Crippen molar-refractivity contribution in [1.29, 1.82) is 0 Å². The first-order chi connectivity index (χ1) is 10.3. The van der Waals surface area contributed by atoms with Gasteiger partial charge in [-0.2, -0.15) is 0 Å². The maximum Gasteiger partial charge on any atom is 0.148 e. The van der Waals surface area contributed by atoms with Crippen LogP contribution in [0.15, 0.2) is 24.3 Å². The molecular formula is C16H20ClN3O. The molecule has 0 saturated heterocycles. The Hall–Kier alpha value is -1.39. The van der Waals surface area contributed by atoms with Crippen molar-refractivity contribution >= 4 is 11.6 Å². The number of methoxy groups -OCH3 is 1. The molecule has 1 aliphatic carbocycles. The Labute approximate surface area is 130 Å².